The van der Waals surface area contributed by atoms with Crippen LogP contribution in [0.15, 0.2) is 0 Å². The molecule has 6 heteroatoms. The molecule has 2 fully saturated rings. The minimum atomic E-state index is -0.837. The average Bonchev–Trinajstić information content (AvgIpc) is 2.60. The fourth-order valence-corrected chi connectivity index (χ4v) is 4.35. The van der Waals surface area contributed by atoms with Crippen LogP contribution >= 0.6 is 0 Å². The lowest BCUT2D eigenvalue weighted by Gasteiger charge is -2.43. The molecule has 1 aliphatic heterocycles. The standard InChI is InChI=1S/C18H31N3O3/c1-12(2)6-7-19-14(22)10-21-15(23)18(20-16(21)24)9-13(3)8-17(4,5)11-18/h12-13H,6-11H2,1-5H3,(H,19,22)(H,20,24)/t13-,18+/m0/s1. The van der Waals surface area contributed by atoms with Gasteiger partial charge in [0.15, 0.2) is 0 Å². The molecule has 2 N–H and O–H groups in total. The van der Waals surface area contributed by atoms with Crippen molar-refractivity contribution in [1.82, 2.24) is 15.5 Å². The zero-order valence-electron chi connectivity index (χ0n) is 15.6. The zero-order chi connectivity index (χ0) is 18.1. The van der Waals surface area contributed by atoms with Gasteiger partial charge in [-0.05, 0) is 42.9 Å². The summed E-state index contributed by atoms with van der Waals surface area (Å²) in [6.45, 7) is 10.9. The van der Waals surface area contributed by atoms with Gasteiger partial charge in [0, 0.05) is 6.54 Å². The van der Waals surface area contributed by atoms with Crippen LogP contribution in [0.2, 0.25) is 0 Å². The molecule has 1 saturated carbocycles. The maximum absolute atomic E-state index is 12.9. The molecular formula is C18H31N3O3. The molecule has 0 aromatic carbocycles. The van der Waals surface area contributed by atoms with Crippen molar-refractivity contribution in [2.75, 3.05) is 13.1 Å². The lowest BCUT2D eigenvalue weighted by molar-refractivity contribution is -0.137. The Bertz CT molecular complexity index is 530. The zero-order valence-corrected chi connectivity index (χ0v) is 15.6. The molecule has 2 aliphatic rings. The van der Waals surface area contributed by atoms with Crippen molar-refractivity contribution in [1.29, 1.82) is 0 Å². The average molecular weight is 337 g/mol. The number of carbonyl (C=O) groups is 3. The first kappa shape index (κ1) is 18.7. The summed E-state index contributed by atoms with van der Waals surface area (Å²) < 4.78 is 0. The van der Waals surface area contributed by atoms with Crippen LogP contribution in [0.25, 0.3) is 0 Å². The van der Waals surface area contributed by atoms with Crippen LogP contribution in [-0.2, 0) is 9.59 Å². The third kappa shape index (κ3) is 4.08. The highest BCUT2D eigenvalue weighted by Gasteiger charge is 2.56. The maximum atomic E-state index is 12.9. The van der Waals surface area contributed by atoms with Crippen molar-refractivity contribution in [3.63, 3.8) is 0 Å². The van der Waals surface area contributed by atoms with E-state index in [1.54, 1.807) is 0 Å². The Kier molecular flexibility index (Phi) is 5.25. The largest absolute Gasteiger partial charge is 0.355 e. The smallest absolute Gasteiger partial charge is 0.325 e. The second-order valence-corrected chi connectivity index (χ2v) is 8.79. The number of nitrogens with one attached hydrogen (secondary N) is 2. The topological polar surface area (TPSA) is 78.5 Å². The van der Waals surface area contributed by atoms with Gasteiger partial charge in [-0.1, -0.05) is 34.6 Å². The van der Waals surface area contributed by atoms with Crippen molar-refractivity contribution in [3.8, 4) is 0 Å². The van der Waals surface area contributed by atoms with E-state index < -0.39 is 11.6 Å². The Labute approximate surface area is 144 Å². The van der Waals surface area contributed by atoms with Crippen LogP contribution in [0, 0.1) is 17.3 Å². The lowest BCUT2D eigenvalue weighted by atomic mass is 9.64. The number of hydrogen-bond donors (Lipinski definition) is 2. The van der Waals surface area contributed by atoms with Gasteiger partial charge in [-0.15, -0.1) is 0 Å². The minimum absolute atomic E-state index is 0.00383. The number of amides is 4. The summed E-state index contributed by atoms with van der Waals surface area (Å²) in [6.07, 6.45) is 3.18. The SMILES string of the molecule is CC(C)CCNC(=O)CN1C(=O)N[C@@]2(C[C@@H](C)CC(C)(C)C2)C1=O. The number of rotatable bonds is 5. The van der Waals surface area contributed by atoms with Gasteiger partial charge in [-0.3, -0.25) is 14.5 Å². The molecule has 0 unspecified atom stereocenters. The fourth-order valence-electron chi connectivity index (χ4n) is 4.35. The minimum Gasteiger partial charge on any atom is -0.355 e. The Balaban J connectivity index is 2.02. The van der Waals surface area contributed by atoms with Gasteiger partial charge in [0.25, 0.3) is 5.91 Å². The van der Waals surface area contributed by atoms with Crippen LogP contribution in [0.5, 0.6) is 0 Å². The summed E-state index contributed by atoms with van der Waals surface area (Å²) >= 11 is 0. The number of hydrogen-bond acceptors (Lipinski definition) is 3. The number of carbonyl (C=O) groups excluding carboxylic acids is 3. The molecule has 1 aliphatic carbocycles. The first-order valence-corrected chi connectivity index (χ1v) is 8.95. The molecule has 136 valence electrons. The van der Waals surface area contributed by atoms with E-state index in [1.807, 2.05) is 0 Å². The molecule has 0 bridgehead atoms. The summed E-state index contributed by atoms with van der Waals surface area (Å²) in [5.74, 6) is 0.333. The van der Waals surface area contributed by atoms with Gasteiger partial charge >= 0.3 is 6.03 Å². The monoisotopic (exact) mass is 337 g/mol. The molecule has 1 spiro atoms. The van der Waals surface area contributed by atoms with Crippen molar-refractivity contribution >= 4 is 17.8 Å². The number of imide groups is 1. The Morgan fingerprint density at radius 1 is 1.33 bits per heavy atom. The van der Waals surface area contributed by atoms with Crippen molar-refractivity contribution in [3.05, 3.63) is 0 Å². The predicted molar refractivity (Wildman–Crippen MR) is 92.2 cm³/mol. The van der Waals surface area contributed by atoms with Crippen LogP contribution in [0.1, 0.15) is 60.3 Å². The highest BCUT2D eigenvalue weighted by atomic mass is 16.2. The summed E-state index contributed by atoms with van der Waals surface area (Å²) in [5, 5.41) is 5.68. The van der Waals surface area contributed by atoms with Gasteiger partial charge in [0.2, 0.25) is 5.91 Å². The van der Waals surface area contributed by atoms with E-state index in [2.05, 4.69) is 45.3 Å². The first-order chi connectivity index (χ1) is 11.0. The summed E-state index contributed by atoms with van der Waals surface area (Å²) in [4.78, 5) is 38.3. The molecule has 2 rings (SSSR count). The van der Waals surface area contributed by atoms with Crippen LogP contribution < -0.4 is 10.6 Å². The van der Waals surface area contributed by atoms with E-state index in [1.165, 1.54) is 0 Å². The highest BCUT2D eigenvalue weighted by molar-refractivity contribution is 6.09. The molecule has 0 radical (unpaired) electrons. The second-order valence-electron chi connectivity index (χ2n) is 8.79. The highest BCUT2D eigenvalue weighted by Crippen LogP contribution is 2.46. The molecule has 1 heterocycles. The van der Waals surface area contributed by atoms with Crippen LogP contribution in [0.3, 0.4) is 0 Å². The Morgan fingerprint density at radius 2 is 2.00 bits per heavy atom. The van der Waals surface area contributed by atoms with E-state index in [9.17, 15) is 14.4 Å². The number of urea groups is 1. The predicted octanol–water partition coefficient (Wildman–Crippen LogP) is 2.29. The first-order valence-electron chi connectivity index (χ1n) is 8.95. The molecule has 0 aromatic heterocycles. The van der Waals surface area contributed by atoms with Crippen molar-refractivity contribution in [2.24, 2.45) is 17.3 Å². The number of nitrogens with zero attached hydrogens (tertiary/aromatic N) is 1. The van der Waals surface area contributed by atoms with Gasteiger partial charge < -0.3 is 10.6 Å². The fraction of sp³-hybridized carbons (Fsp3) is 0.833. The van der Waals surface area contributed by atoms with Crippen LogP contribution in [0.4, 0.5) is 4.79 Å². The molecule has 0 aromatic rings. The molecule has 6 nitrogen and oxygen atoms in total. The normalized spacial score (nSPS) is 29.2. The third-order valence-corrected chi connectivity index (χ3v) is 4.97. The summed E-state index contributed by atoms with van der Waals surface area (Å²) in [5.41, 5.74) is -0.841. The molecule has 4 amide bonds. The summed E-state index contributed by atoms with van der Waals surface area (Å²) in [7, 11) is 0. The molecule has 24 heavy (non-hydrogen) atoms. The Morgan fingerprint density at radius 3 is 2.58 bits per heavy atom. The second kappa shape index (κ2) is 6.73. The lowest BCUT2D eigenvalue weighted by Crippen LogP contribution is -2.54. The van der Waals surface area contributed by atoms with Crippen molar-refractivity contribution < 1.29 is 14.4 Å². The Hall–Kier alpha value is -1.59. The van der Waals surface area contributed by atoms with E-state index in [0.717, 1.165) is 17.7 Å². The van der Waals surface area contributed by atoms with Crippen LogP contribution in [-0.4, -0.2) is 41.4 Å². The quantitative estimate of drug-likeness (QED) is 0.756. The van der Waals surface area contributed by atoms with Gasteiger partial charge in [0.05, 0.1) is 0 Å². The third-order valence-electron chi connectivity index (χ3n) is 4.97. The van der Waals surface area contributed by atoms with Gasteiger partial charge in [0.1, 0.15) is 12.1 Å². The van der Waals surface area contributed by atoms with E-state index in [-0.39, 0.29) is 23.8 Å². The van der Waals surface area contributed by atoms with E-state index in [0.29, 0.717) is 31.2 Å². The van der Waals surface area contributed by atoms with E-state index in [4.69, 9.17) is 0 Å². The maximum Gasteiger partial charge on any atom is 0.325 e. The van der Waals surface area contributed by atoms with E-state index >= 15 is 0 Å². The summed E-state index contributed by atoms with van der Waals surface area (Å²) in [6, 6.07) is -0.441. The van der Waals surface area contributed by atoms with Gasteiger partial charge in [-0.25, -0.2) is 4.79 Å². The molecule has 2 atom stereocenters. The molecular weight excluding hydrogens is 306 g/mol. The molecule has 1 saturated heterocycles. The van der Waals surface area contributed by atoms with Crippen molar-refractivity contribution in [2.45, 2.75) is 65.8 Å². The van der Waals surface area contributed by atoms with Gasteiger partial charge in [-0.2, -0.15) is 0 Å².